The topological polar surface area (TPSA) is 54.4 Å². The van der Waals surface area contributed by atoms with Gasteiger partial charge in [0.1, 0.15) is 0 Å². The van der Waals surface area contributed by atoms with Gasteiger partial charge >= 0.3 is 15.6 Å². The minimum Gasteiger partial charge on any atom is -0.279 e. The molecule has 0 aliphatic rings. The SMILES string of the molecule is CCCCCCCCCCC(CCCCCCCCCC)CCCCCCCCC(CCCC)(CCCC)CCCC.O=S(=O)(O)C(F)(F)F. The standard InChI is InChI=1S/C42H86.CHF3O3S/c1-6-11-16-18-20-22-26-30-34-41(35-31-27-23-21-19-17-12-7-2)36-32-28-24-25-29-33-40-42(37-13-8-3,38-14-9-4)39-15-10-5;2-1(3,4)8(5,6)7/h41H,6-40H2,1-5H3;(H,5,6,7). The first-order valence-corrected chi connectivity index (χ1v) is 23.4. The average Bonchev–Trinajstić information content (AvgIpc) is 3.07. The highest BCUT2D eigenvalue weighted by molar-refractivity contribution is 7.86. The monoisotopic (exact) mass is 741 g/mol. The summed E-state index contributed by atoms with van der Waals surface area (Å²) in [6, 6.07) is 0. The summed E-state index contributed by atoms with van der Waals surface area (Å²) in [4.78, 5) is 0. The van der Waals surface area contributed by atoms with Crippen LogP contribution in [0.1, 0.15) is 259 Å². The van der Waals surface area contributed by atoms with Crippen molar-refractivity contribution in [3.63, 3.8) is 0 Å². The molecular weight excluding hydrogens is 654 g/mol. The summed E-state index contributed by atoms with van der Waals surface area (Å²) >= 11 is 0. The van der Waals surface area contributed by atoms with E-state index < -0.39 is 15.6 Å². The number of hydrogen-bond acceptors (Lipinski definition) is 2. The van der Waals surface area contributed by atoms with E-state index in [1.807, 2.05) is 0 Å². The molecule has 0 amide bonds. The zero-order chi connectivity index (χ0) is 37.8. The van der Waals surface area contributed by atoms with Gasteiger partial charge in [0.2, 0.25) is 0 Å². The molecule has 0 heterocycles. The van der Waals surface area contributed by atoms with E-state index in [2.05, 4.69) is 34.6 Å². The van der Waals surface area contributed by atoms with Gasteiger partial charge in [-0.25, -0.2) is 0 Å². The van der Waals surface area contributed by atoms with E-state index in [0.29, 0.717) is 5.41 Å². The molecule has 0 bridgehead atoms. The predicted molar refractivity (Wildman–Crippen MR) is 213 cm³/mol. The quantitative estimate of drug-likeness (QED) is 0.0395. The van der Waals surface area contributed by atoms with Gasteiger partial charge in [-0.3, -0.25) is 4.55 Å². The fourth-order valence-electron chi connectivity index (χ4n) is 7.61. The summed E-state index contributed by atoms with van der Waals surface area (Å²) in [6.07, 6.45) is 51.5. The van der Waals surface area contributed by atoms with Gasteiger partial charge < -0.3 is 0 Å². The summed E-state index contributed by atoms with van der Waals surface area (Å²) in [7, 11) is -5.84. The van der Waals surface area contributed by atoms with Crippen molar-refractivity contribution in [1.82, 2.24) is 0 Å². The van der Waals surface area contributed by atoms with E-state index in [4.69, 9.17) is 13.0 Å². The third-order valence-electron chi connectivity index (χ3n) is 11.0. The van der Waals surface area contributed by atoms with Crippen LogP contribution in [0.25, 0.3) is 0 Å². The van der Waals surface area contributed by atoms with Crippen LogP contribution in [0.15, 0.2) is 0 Å². The molecule has 0 rings (SSSR count). The zero-order valence-corrected chi connectivity index (χ0v) is 34.9. The van der Waals surface area contributed by atoms with Gasteiger partial charge in [-0.15, -0.1) is 0 Å². The Hall–Kier alpha value is -0.300. The lowest BCUT2D eigenvalue weighted by molar-refractivity contribution is -0.0510. The van der Waals surface area contributed by atoms with Crippen LogP contribution in [0, 0.1) is 11.3 Å². The van der Waals surface area contributed by atoms with Crippen LogP contribution in [0.2, 0.25) is 0 Å². The fraction of sp³-hybridized carbons (Fsp3) is 1.00. The lowest BCUT2D eigenvalue weighted by atomic mass is 9.71. The minimum absolute atomic E-state index is 0.681. The van der Waals surface area contributed by atoms with Crippen molar-refractivity contribution in [2.24, 2.45) is 11.3 Å². The molecule has 0 radical (unpaired) electrons. The Bertz CT molecular complexity index is 743. The lowest BCUT2D eigenvalue weighted by Crippen LogP contribution is -2.21. The molecule has 3 nitrogen and oxygen atoms in total. The van der Waals surface area contributed by atoms with E-state index in [0.717, 1.165) is 5.92 Å². The second-order valence-corrected chi connectivity index (χ2v) is 17.2. The van der Waals surface area contributed by atoms with E-state index >= 15 is 0 Å². The lowest BCUT2D eigenvalue weighted by Gasteiger charge is -2.35. The van der Waals surface area contributed by atoms with Gasteiger partial charge in [0.15, 0.2) is 0 Å². The van der Waals surface area contributed by atoms with Crippen LogP contribution in [0.4, 0.5) is 13.2 Å². The van der Waals surface area contributed by atoms with Gasteiger partial charge in [0, 0.05) is 0 Å². The van der Waals surface area contributed by atoms with Gasteiger partial charge in [-0.2, -0.15) is 21.6 Å². The maximum absolute atomic E-state index is 10.7. The number of halogens is 3. The fourth-order valence-corrected chi connectivity index (χ4v) is 7.61. The van der Waals surface area contributed by atoms with Crippen molar-refractivity contribution in [3.8, 4) is 0 Å². The van der Waals surface area contributed by atoms with Gasteiger partial charge in [-0.05, 0) is 37.0 Å². The van der Waals surface area contributed by atoms with Crippen LogP contribution < -0.4 is 0 Å². The Morgan fingerprint density at radius 3 is 0.880 bits per heavy atom. The molecule has 0 spiro atoms. The summed E-state index contributed by atoms with van der Waals surface area (Å²) in [5.41, 5.74) is -4.85. The molecule has 0 saturated carbocycles. The maximum atomic E-state index is 10.7. The maximum Gasteiger partial charge on any atom is 0.522 e. The zero-order valence-electron chi connectivity index (χ0n) is 34.1. The number of alkyl halides is 3. The van der Waals surface area contributed by atoms with Gasteiger partial charge in [0.25, 0.3) is 0 Å². The first kappa shape index (κ1) is 51.8. The molecule has 304 valence electrons. The molecule has 0 aromatic rings. The molecule has 0 aromatic carbocycles. The molecule has 0 aliphatic carbocycles. The first-order valence-electron chi connectivity index (χ1n) is 22.0. The molecule has 0 saturated heterocycles. The summed E-state index contributed by atoms with van der Waals surface area (Å²) in [5.74, 6) is 1.03. The van der Waals surface area contributed by atoms with Crippen molar-refractivity contribution in [2.75, 3.05) is 0 Å². The first-order chi connectivity index (χ1) is 23.9. The van der Waals surface area contributed by atoms with Crippen LogP contribution in [-0.2, 0) is 10.1 Å². The highest BCUT2D eigenvalue weighted by atomic mass is 32.2. The minimum atomic E-state index is -5.84. The van der Waals surface area contributed by atoms with Crippen molar-refractivity contribution < 1.29 is 26.1 Å². The van der Waals surface area contributed by atoms with Gasteiger partial charge in [0.05, 0.1) is 0 Å². The average molecular weight is 741 g/mol. The summed E-state index contributed by atoms with van der Waals surface area (Å²) in [6.45, 7) is 11.8. The largest absolute Gasteiger partial charge is 0.522 e. The molecule has 1 N–H and O–H groups in total. The smallest absolute Gasteiger partial charge is 0.279 e. The second-order valence-electron chi connectivity index (χ2n) is 15.8. The Balaban J connectivity index is 0. The number of unbranched alkanes of at least 4 members (excludes halogenated alkanes) is 22. The van der Waals surface area contributed by atoms with Crippen molar-refractivity contribution in [1.29, 1.82) is 0 Å². The van der Waals surface area contributed by atoms with Crippen molar-refractivity contribution >= 4 is 10.1 Å². The van der Waals surface area contributed by atoms with Crippen LogP contribution in [0.3, 0.4) is 0 Å². The predicted octanol–water partition coefficient (Wildman–Crippen LogP) is 16.7. The normalized spacial score (nSPS) is 12.4. The molecular formula is C43H87F3O3S. The van der Waals surface area contributed by atoms with E-state index in [-0.39, 0.29) is 0 Å². The van der Waals surface area contributed by atoms with Crippen molar-refractivity contribution in [3.05, 3.63) is 0 Å². The molecule has 0 unspecified atom stereocenters. The van der Waals surface area contributed by atoms with Crippen LogP contribution >= 0.6 is 0 Å². The highest BCUT2D eigenvalue weighted by Crippen LogP contribution is 2.41. The molecule has 0 atom stereocenters. The number of rotatable bonds is 36. The molecule has 0 aliphatic heterocycles. The second kappa shape index (κ2) is 35.7. The van der Waals surface area contributed by atoms with Crippen LogP contribution in [-0.4, -0.2) is 18.5 Å². The third-order valence-corrected chi connectivity index (χ3v) is 11.6. The molecule has 0 fully saturated rings. The molecule has 50 heavy (non-hydrogen) atoms. The summed E-state index contributed by atoms with van der Waals surface area (Å²) < 4.78 is 57.5. The molecule has 7 heteroatoms. The third kappa shape index (κ3) is 33.5. The highest BCUT2D eigenvalue weighted by Gasteiger charge is 2.44. The Labute approximate surface area is 311 Å². The Kier molecular flexibility index (Phi) is 37.0. The van der Waals surface area contributed by atoms with Crippen molar-refractivity contribution in [2.45, 2.75) is 265 Å². The van der Waals surface area contributed by atoms with Crippen LogP contribution in [0.5, 0.6) is 0 Å². The number of hydrogen-bond donors (Lipinski definition) is 1. The Morgan fingerprint density at radius 1 is 0.400 bits per heavy atom. The van der Waals surface area contributed by atoms with E-state index in [1.165, 1.54) is 225 Å². The Morgan fingerprint density at radius 2 is 0.620 bits per heavy atom. The van der Waals surface area contributed by atoms with E-state index in [9.17, 15) is 13.2 Å². The summed E-state index contributed by atoms with van der Waals surface area (Å²) in [5, 5.41) is 0. The molecule has 0 aromatic heterocycles. The van der Waals surface area contributed by atoms with E-state index in [1.54, 1.807) is 0 Å². The van der Waals surface area contributed by atoms with Gasteiger partial charge in [-0.1, -0.05) is 234 Å².